The monoisotopic (exact) mass is 200 g/mol. The molecule has 3 N–H and O–H groups in total. The topological polar surface area (TPSA) is 63.8 Å². The van der Waals surface area contributed by atoms with E-state index in [2.05, 4.69) is 15.3 Å². The van der Waals surface area contributed by atoms with E-state index >= 15 is 0 Å². The molecule has 1 rings (SSSR count). The fourth-order valence-electron chi connectivity index (χ4n) is 1.06. The molecule has 0 aromatic carbocycles. The molecule has 0 aliphatic carbocycles. The lowest BCUT2D eigenvalue weighted by atomic mass is 10.2. The van der Waals surface area contributed by atoms with Crippen LogP contribution in [0.2, 0.25) is 5.15 Å². The molecule has 1 heterocycles. The molecule has 0 amide bonds. The third-order valence-electron chi connectivity index (χ3n) is 1.73. The van der Waals surface area contributed by atoms with Crippen LogP contribution in [0.4, 0.5) is 5.82 Å². The first-order valence-electron chi connectivity index (χ1n) is 4.08. The third-order valence-corrected chi connectivity index (χ3v) is 2.04. The van der Waals surface area contributed by atoms with Crippen LogP contribution in [0.25, 0.3) is 0 Å². The fraction of sp³-hybridized carbons (Fsp3) is 0.500. The third kappa shape index (κ3) is 2.54. The average Bonchev–Trinajstić information content (AvgIpc) is 2.02. The van der Waals surface area contributed by atoms with E-state index in [0.717, 1.165) is 18.5 Å². The minimum atomic E-state index is 0.459. The summed E-state index contributed by atoms with van der Waals surface area (Å²) >= 11 is 5.91. The highest BCUT2D eigenvalue weighted by atomic mass is 35.5. The Morgan fingerprint density at radius 3 is 2.69 bits per heavy atom. The summed E-state index contributed by atoms with van der Waals surface area (Å²) in [5.41, 5.74) is 6.52. The smallest absolute Gasteiger partial charge is 0.138 e. The SMILES string of the molecule is CNCCc1c(N)nc(C)nc1Cl. The van der Waals surface area contributed by atoms with Crippen molar-refractivity contribution >= 4 is 17.4 Å². The van der Waals surface area contributed by atoms with Crippen LogP contribution in [-0.2, 0) is 6.42 Å². The van der Waals surface area contributed by atoms with Gasteiger partial charge in [-0.25, -0.2) is 9.97 Å². The Morgan fingerprint density at radius 2 is 2.15 bits per heavy atom. The number of halogens is 1. The summed E-state index contributed by atoms with van der Waals surface area (Å²) in [5, 5.41) is 3.47. The zero-order valence-corrected chi connectivity index (χ0v) is 8.52. The van der Waals surface area contributed by atoms with E-state index in [9.17, 15) is 0 Å². The molecule has 0 radical (unpaired) electrons. The standard InChI is InChI=1S/C8H13ClN4/c1-5-12-7(9)6(3-4-11-2)8(10)13-5/h11H,3-4H2,1-2H3,(H2,10,12,13). The van der Waals surface area contributed by atoms with Gasteiger partial charge in [0.25, 0.3) is 0 Å². The molecular weight excluding hydrogens is 188 g/mol. The largest absolute Gasteiger partial charge is 0.383 e. The summed E-state index contributed by atoms with van der Waals surface area (Å²) in [7, 11) is 1.87. The molecule has 1 aromatic rings. The molecule has 0 aliphatic heterocycles. The van der Waals surface area contributed by atoms with Gasteiger partial charge in [0.2, 0.25) is 0 Å². The van der Waals surface area contributed by atoms with Crippen molar-refractivity contribution in [1.82, 2.24) is 15.3 Å². The van der Waals surface area contributed by atoms with Crippen molar-refractivity contribution < 1.29 is 0 Å². The minimum absolute atomic E-state index is 0.459. The van der Waals surface area contributed by atoms with Gasteiger partial charge >= 0.3 is 0 Å². The predicted molar refractivity (Wildman–Crippen MR) is 53.8 cm³/mol. The van der Waals surface area contributed by atoms with Gasteiger partial charge in [-0.15, -0.1) is 0 Å². The first kappa shape index (κ1) is 10.2. The maximum atomic E-state index is 5.91. The molecule has 72 valence electrons. The molecule has 0 aliphatic rings. The Hall–Kier alpha value is -0.870. The number of hydrogen-bond acceptors (Lipinski definition) is 4. The van der Waals surface area contributed by atoms with Gasteiger partial charge in [-0.05, 0) is 26.9 Å². The fourth-order valence-corrected chi connectivity index (χ4v) is 1.38. The van der Waals surface area contributed by atoms with Crippen LogP contribution < -0.4 is 11.1 Å². The minimum Gasteiger partial charge on any atom is -0.383 e. The second kappa shape index (κ2) is 4.39. The molecule has 0 saturated carbocycles. The molecule has 0 bridgehead atoms. The highest BCUT2D eigenvalue weighted by molar-refractivity contribution is 6.30. The molecule has 0 spiro atoms. The first-order valence-corrected chi connectivity index (χ1v) is 4.46. The molecule has 0 unspecified atom stereocenters. The first-order chi connectivity index (χ1) is 6.15. The maximum absolute atomic E-state index is 5.91. The van der Waals surface area contributed by atoms with Gasteiger partial charge in [-0.1, -0.05) is 11.6 Å². The summed E-state index contributed by atoms with van der Waals surface area (Å²) in [5.74, 6) is 1.09. The van der Waals surface area contributed by atoms with Crippen molar-refractivity contribution in [2.75, 3.05) is 19.3 Å². The Kier molecular flexibility index (Phi) is 3.45. The van der Waals surface area contributed by atoms with Crippen LogP contribution in [0.5, 0.6) is 0 Å². The van der Waals surface area contributed by atoms with Gasteiger partial charge in [0.1, 0.15) is 16.8 Å². The number of aryl methyl sites for hydroxylation is 1. The number of nitrogens with zero attached hydrogens (tertiary/aromatic N) is 2. The highest BCUT2D eigenvalue weighted by Gasteiger charge is 2.07. The van der Waals surface area contributed by atoms with E-state index in [1.165, 1.54) is 0 Å². The van der Waals surface area contributed by atoms with E-state index in [1.54, 1.807) is 6.92 Å². The van der Waals surface area contributed by atoms with Crippen LogP contribution in [0.3, 0.4) is 0 Å². The molecule has 0 fully saturated rings. The van der Waals surface area contributed by atoms with Crippen molar-refractivity contribution in [3.05, 3.63) is 16.5 Å². The Morgan fingerprint density at radius 1 is 1.46 bits per heavy atom. The number of hydrogen-bond donors (Lipinski definition) is 2. The predicted octanol–water partition coefficient (Wildman–Crippen LogP) is 0.783. The normalized spacial score (nSPS) is 10.4. The number of nitrogen functional groups attached to an aromatic ring is 1. The lowest BCUT2D eigenvalue weighted by Crippen LogP contribution is -2.13. The number of nitrogens with two attached hydrogens (primary N) is 1. The van der Waals surface area contributed by atoms with Crippen molar-refractivity contribution in [1.29, 1.82) is 0 Å². The quantitative estimate of drug-likeness (QED) is 0.708. The van der Waals surface area contributed by atoms with E-state index in [0.29, 0.717) is 16.8 Å². The number of anilines is 1. The van der Waals surface area contributed by atoms with Gasteiger partial charge in [0.05, 0.1) is 0 Å². The zero-order chi connectivity index (χ0) is 9.84. The van der Waals surface area contributed by atoms with Gasteiger partial charge in [0, 0.05) is 5.56 Å². The van der Waals surface area contributed by atoms with Gasteiger partial charge in [-0.2, -0.15) is 0 Å². The summed E-state index contributed by atoms with van der Waals surface area (Å²) in [6.07, 6.45) is 0.751. The maximum Gasteiger partial charge on any atom is 0.138 e. The van der Waals surface area contributed by atoms with Crippen LogP contribution in [0.15, 0.2) is 0 Å². The van der Waals surface area contributed by atoms with E-state index in [4.69, 9.17) is 17.3 Å². The van der Waals surface area contributed by atoms with Gasteiger partial charge in [0.15, 0.2) is 0 Å². The molecule has 0 atom stereocenters. The summed E-state index contributed by atoms with van der Waals surface area (Å²) < 4.78 is 0. The van der Waals surface area contributed by atoms with Crippen molar-refractivity contribution in [3.63, 3.8) is 0 Å². The molecule has 4 nitrogen and oxygen atoms in total. The molecule has 13 heavy (non-hydrogen) atoms. The lowest BCUT2D eigenvalue weighted by Gasteiger charge is -2.06. The Balaban J connectivity index is 2.92. The van der Waals surface area contributed by atoms with Crippen molar-refractivity contribution in [2.45, 2.75) is 13.3 Å². The Labute approximate surface area is 82.5 Å². The summed E-state index contributed by atoms with van der Waals surface area (Å²) in [6.45, 7) is 2.58. The summed E-state index contributed by atoms with van der Waals surface area (Å²) in [6, 6.07) is 0. The lowest BCUT2D eigenvalue weighted by molar-refractivity contribution is 0.786. The zero-order valence-electron chi connectivity index (χ0n) is 7.76. The van der Waals surface area contributed by atoms with E-state index in [-0.39, 0.29) is 0 Å². The van der Waals surface area contributed by atoms with Crippen LogP contribution in [0, 0.1) is 6.92 Å². The number of likely N-dealkylation sites (N-methyl/N-ethyl adjacent to an activating group) is 1. The van der Waals surface area contributed by atoms with E-state index < -0.39 is 0 Å². The molecular formula is C8H13ClN4. The van der Waals surface area contributed by atoms with Crippen molar-refractivity contribution in [3.8, 4) is 0 Å². The van der Waals surface area contributed by atoms with Gasteiger partial charge in [-0.3, -0.25) is 0 Å². The molecule has 1 aromatic heterocycles. The number of nitrogens with one attached hydrogen (secondary N) is 1. The second-order valence-electron chi connectivity index (χ2n) is 2.78. The van der Waals surface area contributed by atoms with Gasteiger partial charge < -0.3 is 11.1 Å². The van der Waals surface area contributed by atoms with Crippen LogP contribution in [-0.4, -0.2) is 23.6 Å². The van der Waals surface area contributed by atoms with Crippen LogP contribution in [0.1, 0.15) is 11.4 Å². The average molecular weight is 201 g/mol. The second-order valence-corrected chi connectivity index (χ2v) is 3.14. The Bertz CT molecular complexity index is 277. The number of aromatic nitrogens is 2. The van der Waals surface area contributed by atoms with Crippen molar-refractivity contribution in [2.24, 2.45) is 0 Å². The van der Waals surface area contributed by atoms with E-state index in [1.807, 2.05) is 7.05 Å². The van der Waals surface area contributed by atoms with Crippen LogP contribution >= 0.6 is 11.6 Å². The highest BCUT2D eigenvalue weighted by Crippen LogP contribution is 2.18. The molecule has 5 heteroatoms. The molecule has 0 saturated heterocycles. The number of rotatable bonds is 3. The summed E-state index contributed by atoms with van der Waals surface area (Å²) in [4.78, 5) is 8.08.